The van der Waals surface area contributed by atoms with Crippen LogP contribution in [0.5, 0.6) is 0 Å². The Morgan fingerprint density at radius 1 is 1.07 bits per heavy atom. The van der Waals surface area contributed by atoms with Gasteiger partial charge in [-0.25, -0.2) is 0 Å². The number of amides is 1. The minimum Gasteiger partial charge on any atom is -0.366 e. The van der Waals surface area contributed by atoms with Crippen LogP contribution in [-0.4, -0.2) is 25.5 Å². The van der Waals surface area contributed by atoms with Crippen LogP contribution >= 0.6 is 15.2 Å². The molecule has 0 aliphatic rings. The van der Waals surface area contributed by atoms with Crippen molar-refractivity contribution in [2.45, 2.75) is 6.92 Å². The van der Waals surface area contributed by atoms with Crippen molar-refractivity contribution in [1.82, 2.24) is 0 Å². The second-order valence-corrected chi connectivity index (χ2v) is 5.82. The fraction of sp³-hybridized carbons (Fsp3) is 0.250. The van der Waals surface area contributed by atoms with E-state index in [1.807, 2.05) is 0 Å². The molecule has 0 radical (unpaired) electrons. The van der Waals surface area contributed by atoms with Gasteiger partial charge in [0.05, 0.1) is 0 Å². The van der Waals surface area contributed by atoms with Gasteiger partial charge in [0.25, 0.3) is 0 Å². The van der Waals surface area contributed by atoms with Gasteiger partial charge in [-0.3, -0.25) is 13.9 Å². The number of hydrogen-bond donors (Lipinski definition) is 5. The van der Waals surface area contributed by atoms with E-state index in [1.165, 1.54) is 0 Å². The van der Waals surface area contributed by atoms with Crippen LogP contribution in [0.15, 0.2) is 10.6 Å². The number of primary amides is 1. The molecule has 0 bridgehead atoms. The van der Waals surface area contributed by atoms with Crippen LogP contribution in [0.2, 0.25) is 0 Å². The van der Waals surface area contributed by atoms with Gasteiger partial charge in [0, 0.05) is 5.57 Å². The summed E-state index contributed by atoms with van der Waals surface area (Å²) in [6.07, 6.45) is 0. The quantitative estimate of drug-likeness (QED) is 0.317. The summed E-state index contributed by atoms with van der Waals surface area (Å²) in [6, 6.07) is 0. The lowest BCUT2D eigenvalue weighted by molar-refractivity contribution is -0.114. The standard InChI is InChI=1S/C4H9NO7P2/c1-2(3(5)6)4(13(7,8)9)14(10,11)12/h1H3,(H2,5,6)(H2,7,8,9)(H2,10,11,12). The van der Waals surface area contributed by atoms with Gasteiger partial charge < -0.3 is 25.3 Å². The van der Waals surface area contributed by atoms with Crippen molar-refractivity contribution in [3.05, 3.63) is 10.6 Å². The second-order valence-electron chi connectivity index (χ2n) is 2.40. The lowest BCUT2D eigenvalue weighted by Crippen LogP contribution is -2.14. The van der Waals surface area contributed by atoms with Crippen molar-refractivity contribution in [1.29, 1.82) is 0 Å². The third-order valence-corrected chi connectivity index (χ3v) is 4.59. The van der Waals surface area contributed by atoms with Crippen LogP contribution in [0.3, 0.4) is 0 Å². The van der Waals surface area contributed by atoms with E-state index in [1.54, 1.807) is 0 Å². The summed E-state index contributed by atoms with van der Waals surface area (Å²) in [7, 11) is -10.4. The largest absolute Gasteiger partial charge is 0.366 e. The minimum absolute atomic E-state index is 0.827. The van der Waals surface area contributed by atoms with E-state index < -0.39 is 31.7 Å². The Balaban J connectivity index is 5.84. The molecule has 0 heterocycles. The molecule has 82 valence electrons. The summed E-state index contributed by atoms with van der Waals surface area (Å²) in [5.74, 6) is -1.30. The van der Waals surface area contributed by atoms with E-state index in [-0.39, 0.29) is 0 Å². The molecule has 0 fully saturated rings. The monoisotopic (exact) mass is 245 g/mol. The topological polar surface area (TPSA) is 158 Å². The van der Waals surface area contributed by atoms with E-state index in [4.69, 9.17) is 19.6 Å². The van der Waals surface area contributed by atoms with Gasteiger partial charge in [0.2, 0.25) is 5.91 Å². The maximum Gasteiger partial charge on any atom is 0.364 e. The first-order valence-corrected chi connectivity index (χ1v) is 6.33. The third-order valence-electron chi connectivity index (χ3n) is 1.26. The number of carbonyl (C=O) groups excluding carboxylic acids is 1. The zero-order valence-electron chi connectivity index (χ0n) is 6.99. The van der Waals surface area contributed by atoms with Crippen molar-refractivity contribution in [2.24, 2.45) is 5.73 Å². The molecular weight excluding hydrogens is 236 g/mol. The Morgan fingerprint density at radius 2 is 1.36 bits per heavy atom. The molecule has 0 spiro atoms. The Kier molecular flexibility index (Phi) is 3.80. The molecule has 10 heteroatoms. The smallest absolute Gasteiger partial charge is 0.364 e. The fourth-order valence-electron chi connectivity index (χ4n) is 0.717. The Bertz CT molecular complexity index is 349. The molecule has 0 aliphatic heterocycles. The zero-order chi connectivity index (χ0) is 11.7. The lowest BCUT2D eigenvalue weighted by Gasteiger charge is -2.12. The van der Waals surface area contributed by atoms with Gasteiger partial charge in [0.15, 0.2) is 5.06 Å². The molecule has 14 heavy (non-hydrogen) atoms. The van der Waals surface area contributed by atoms with Crippen molar-refractivity contribution in [3.63, 3.8) is 0 Å². The number of rotatable bonds is 3. The molecule has 6 N–H and O–H groups in total. The summed E-state index contributed by atoms with van der Waals surface area (Å²) < 4.78 is 21.3. The van der Waals surface area contributed by atoms with Gasteiger partial charge in [0.1, 0.15) is 0 Å². The first-order valence-electron chi connectivity index (χ1n) is 3.11. The van der Waals surface area contributed by atoms with Crippen LogP contribution in [0, 0.1) is 0 Å². The average Bonchev–Trinajstić information content (AvgIpc) is 1.79. The Hall–Kier alpha value is -0.490. The number of nitrogens with two attached hydrogens (primary N) is 1. The normalized spacial score (nSPS) is 12.4. The maximum atomic E-state index is 10.7. The highest BCUT2D eigenvalue weighted by Gasteiger charge is 2.39. The summed E-state index contributed by atoms with van der Waals surface area (Å²) in [5, 5.41) is -1.53. The molecule has 0 saturated carbocycles. The second kappa shape index (κ2) is 3.94. The Labute approximate surface area is 78.7 Å². The van der Waals surface area contributed by atoms with E-state index in [0.717, 1.165) is 6.92 Å². The highest BCUT2D eigenvalue weighted by molar-refractivity contribution is 7.77. The summed E-state index contributed by atoms with van der Waals surface area (Å²) in [4.78, 5) is 44.9. The van der Waals surface area contributed by atoms with Crippen molar-refractivity contribution in [3.8, 4) is 0 Å². The first-order chi connectivity index (χ1) is 5.98. The highest BCUT2D eigenvalue weighted by Crippen LogP contribution is 2.65. The molecule has 0 aliphatic carbocycles. The van der Waals surface area contributed by atoms with Crippen molar-refractivity contribution < 1.29 is 33.5 Å². The van der Waals surface area contributed by atoms with Gasteiger partial charge in [-0.2, -0.15) is 0 Å². The summed E-state index contributed by atoms with van der Waals surface area (Å²) >= 11 is 0. The molecule has 8 nitrogen and oxygen atoms in total. The summed E-state index contributed by atoms with van der Waals surface area (Å²) in [5.41, 5.74) is 3.82. The Morgan fingerprint density at radius 3 is 1.43 bits per heavy atom. The van der Waals surface area contributed by atoms with Gasteiger partial charge >= 0.3 is 15.2 Å². The van der Waals surface area contributed by atoms with Crippen molar-refractivity contribution >= 4 is 21.1 Å². The minimum atomic E-state index is -5.19. The molecule has 0 atom stereocenters. The molecule has 1 amide bonds. The molecule has 0 rings (SSSR count). The molecular formula is C4H9NO7P2. The van der Waals surface area contributed by atoms with E-state index >= 15 is 0 Å². The summed E-state index contributed by atoms with van der Waals surface area (Å²) in [6.45, 7) is 0.829. The van der Waals surface area contributed by atoms with Crippen LogP contribution in [0.25, 0.3) is 0 Å². The predicted octanol–water partition coefficient (Wildman–Crippen LogP) is -0.941. The zero-order valence-corrected chi connectivity index (χ0v) is 8.77. The highest BCUT2D eigenvalue weighted by atomic mass is 31.2. The van der Waals surface area contributed by atoms with Gasteiger partial charge in [-0.15, -0.1) is 0 Å². The van der Waals surface area contributed by atoms with E-state index in [9.17, 15) is 13.9 Å². The SMILES string of the molecule is CC(C(N)=O)=C(P(=O)(O)O)P(=O)(O)O. The first kappa shape index (κ1) is 13.5. The lowest BCUT2D eigenvalue weighted by atomic mass is 10.3. The molecule has 0 aromatic rings. The average molecular weight is 245 g/mol. The molecule has 0 unspecified atom stereocenters. The predicted molar refractivity (Wildman–Crippen MR) is 46.0 cm³/mol. The van der Waals surface area contributed by atoms with Gasteiger partial charge in [-0.05, 0) is 6.92 Å². The number of carbonyl (C=O) groups is 1. The number of hydrogen-bond acceptors (Lipinski definition) is 3. The van der Waals surface area contributed by atoms with Crippen LogP contribution in [0.4, 0.5) is 0 Å². The third kappa shape index (κ3) is 3.34. The molecule has 0 aromatic heterocycles. The van der Waals surface area contributed by atoms with Crippen LogP contribution < -0.4 is 5.73 Å². The molecule has 0 saturated heterocycles. The maximum absolute atomic E-state index is 10.7. The van der Waals surface area contributed by atoms with E-state index in [0.29, 0.717) is 0 Å². The molecule has 0 aromatic carbocycles. The van der Waals surface area contributed by atoms with E-state index in [2.05, 4.69) is 5.73 Å². The van der Waals surface area contributed by atoms with Crippen LogP contribution in [0.1, 0.15) is 6.92 Å². The van der Waals surface area contributed by atoms with Crippen molar-refractivity contribution in [2.75, 3.05) is 0 Å². The van der Waals surface area contributed by atoms with Crippen LogP contribution in [-0.2, 0) is 13.9 Å². The fourth-order valence-corrected chi connectivity index (χ4v) is 3.17. The van der Waals surface area contributed by atoms with Gasteiger partial charge in [-0.1, -0.05) is 0 Å².